The highest BCUT2D eigenvalue weighted by atomic mass is 16.5. The average Bonchev–Trinajstić information content (AvgIpc) is 3.04. The highest BCUT2D eigenvalue weighted by Gasteiger charge is 2.15. The van der Waals surface area contributed by atoms with Gasteiger partial charge in [-0.3, -0.25) is 0 Å². The topological polar surface area (TPSA) is 39.7 Å². The zero-order valence-corrected chi connectivity index (χ0v) is 13.4. The summed E-state index contributed by atoms with van der Waals surface area (Å²) >= 11 is 0. The van der Waals surface area contributed by atoms with Gasteiger partial charge in [0.2, 0.25) is 0 Å². The molecule has 2 rings (SSSR count). The van der Waals surface area contributed by atoms with Gasteiger partial charge in [0.05, 0.1) is 19.8 Å². The molecule has 1 aliphatic rings. The zero-order valence-electron chi connectivity index (χ0n) is 13.4. The summed E-state index contributed by atoms with van der Waals surface area (Å²) in [7, 11) is 3.63. The Morgan fingerprint density at radius 1 is 1.38 bits per heavy atom. The second-order valence-corrected chi connectivity index (χ2v) is 5.55. The van der Waals surface area contributed by atoms with E-state index in [9.17, 15) is 0 Å². The van der Waals surface area contributed by atoms with Crippen molar-refractivity contribution in [3.05, 3.63) is 23.8 Å². The molecular formula is C17H27NO3. The number of hydrogen-bond donors (Lipinski definition) is 1. The van der Waals surface area contributed by atoms with Crippen LogP contribution in [0, 0.1) is 0 Å². The predicted octanol–water partition coefficient (Wildman–Crippen LogP) is 3.31. The molecule has 2 atom stereocenters. The summed E-state index contributed by atoms with van der Waals surface area (Å²) < 4.78 is 16.9. The third-order valence-electron chi connectivity index (χ3n) is 4.07. The Hall–Kier alpha value is -1.26. The lowest BCUT2D eigenvalue weighted by Gasteiger charge is -2.16. The summed E-state index contributed by atoms with van der Waals surface area (Å²) in [6.07, 6.45) is 4.93. The highest BCUT2D eigenvalue weighted by Crippen LogP contribution is 2.30. The maximum Gasteiger partial charge on any atom is 0.161 e. The minimum atomic E-state index is 0.299. The van der Waals surface area contributed by atoms with Crippen LogP contribution in [0.5, 0.6) is 11.5 Å². The molecule has 1 N–H and O–H groups in total. The lowest BCUT2D eigenvalue weighted by Crippen LogP contribution is -2.12. The van der Waals surface area contributed by atoms with Gasteiger partial charge in [-0.25, -0.2) is 0 Å². The third kappa shape index (κ3) is 4.61. The van der Waals surface area contributed by atoms with Crippen LogP contribution >= 0.6 is 0 Å². The first-order valence-corrected chi connectivity index (χ1v) is 7.84. The minimum Gasteiger partial charge on any atom is -0.493 e. The van der Waals surface area contributed by atoms with E-state index in [0.717, 1.165) is 30.9 Å². The smallest absolute Gasteiger partial charge is 0.161 e. The average molecular weight is 293 g/mol. The van der Waals surface area contributed by atoms with E-state index in [0.29, 0.717) is 18.8 Å². The molecule has 0 amide bonds. The fraction of sp³-hybridized carbons (Fsp3) is 0.647. The van der Waals surface area contributed by atoms with Crippen LogP contribution in [0.3, 0.4) is 0 Å². The van der Waals surface area contributed by atoms with Crippen LogP contribution in [-0.2, 0) is 4.74 Å². The molecule has 0 spiro atoms. The molecule has 0 saturated carbocycles. The number of hydrogen-bond acceptors (Lipinski definition) is 4. The van der Waals surface area contributed by atoms with E-state index in [1.54, 1.807) is 7.11 Å². The molecule has 1 aromatic rings. The first-order chi connectivity index (χ1) is 10.2. The van der Waals surface area contributed by atoms with Crippen molar-refractivity contribution in [3.8, 4) is 11.5 Å². The van der Waals surface area contributed by atoms with Gasteiger partial charge in [0, 0.05) is 12.6 Å². The molecule has 1 fully saturated rings. The van der Waals surface area contributed by atoms with Crippen molar-refractivity contribution >= 4 is 0 Å². The Kier molecular flexibility index (Phi) is 6.33. The Morgan fingerprint density at radius 2 is 2.24 bits per heavy atom. The van der Waals surface area contributed by atoms with E-state index in [2.05, 4.69) is 18.3 Å². The van der Waals surface area contributed by atoms with Gasteiger partial charge in [-0.1, -0.05) is 6.07 Å². The van der Waals surface area contributed by atoms with Gasteiger partial charge in [0.25, 0.3) is 0 Å². The maximum absolute atomic E-state index is 5.86. The fourth-order valence-corrected chi connectivity index (χ4v) is 2.60. The van der Waals surface area contributed by atoms with E-state index in [1.807, 2.05) is 19.2 Å². The molecule has 1 aliphatic heterocycles. The number of methoxy groups -OCH3 is 1. The van der Waals surface area contributed by atoms with E-state index < -0.39 is 0 Å². The molecule has 2 unspecified atom stereocenters. The van der Waals surface area contributed by atoms with E-state index in [-0.39, 0.29) is 0 Å². The molecule has 1 heterocycles. The highest BCUT2D eigenvalue weighted by molar-refractivity contribution is 5.43. The minimum absolute atomic E-state index is 0.299. The van der Waals surface area contributed by atoms with Gasteiger partial charge in [-0.2, -0.15) is 0 Å². The van der Waals surface area contributed by atoms with Crippen molar-refractivity contribution in [2.75, 3.05) is 27.4 Å². The lowest BCUT2D eigenvalue weighted by atomic mass is 10.1. The van der Waals surface area contributed by atoms with Gasteiger partial charge in [0.1, 0.15) is 0 Å². The van der Waals surface area contributed by atoms with Crippen molar-refractivity contribution in [2.45, 2.75) is 44.8 Å². The monoisotopic (exact) mass is 293 g/mol. The van der Waals surface area contributed by atoms with Crippen molar-refractivity contribution in [1.82, 2.24) is 5.32 Å². The largest absolute Gasteiger partial charge is 0.493 e. The van der Waals surface area contributed by atoms with Crippen molar-refractivity contribution in [2.24, 2.45) is 0 Å². The summed E-state index contributed by atoms with van der Waals surface area (Å²) in [6, 6.07) is 6.41. The Labute approximate surface area is 127 Å². The second kappa shape index (κ2) is 8.25. The van der Waals surface area contributed by atoms with E-state index in [1.165, 1.54) is 18.4 Å². The van der Waals surface area contributed by atoms with Gasteiger partial charge in [0.15, 0.2) is 11.5 Å². The summed E-state index contributed by atoms with van der Waals surface area (Å²) in [6.45, 7) is 3.75. The van der Waals surface area contributed by atoms with Gasteiger partial charge in [-0.15, -0.1) is 0 Å². The Balaban J connectivity index is 1.84. The Bertz CT molecular complexity index is 430. The normalized spacial score (nSPS) is 19.5. The molecule has 1 saturated heterocycles. The summed E-state index contributed by atoms with van der Waals surface area (Å²) in [5.74, 6) is 1.61. The van der Waals surface area contributed by atoms with Crippen molar-refractivity contribution < 1.29 is 14.2 Å². The number of benzene rings is 1. The lowest BCUT2D eigenvalue weighted by molar-refractivity contribution is 0.0980. The van der Waals surface area contributed by atoms with Crippen LogP contribution in [-0.4, -0.2) is 33.5 Å². The molecule has 0 aromatic heterocycles. The van der Waals surface area contributed by atoms with Gasteiger partial charge in [-0.05, 0) is 57.4 Å². The number of rotatable bonds is 8. The quantitative estimate of drug-likeness (QED) is 0.746. The summed E-state index contributed by atoms with van der Waals surface area (Å²) in [5.41, 5.74) is 1.20. The van der Waals surface area contributed by atoms with Gasteiger partial charge < -0.3 is 19.5 Å². The molecule has 4 heteroatoms. The number of ether oxygens (including phenoxy) is 3. The molecule has 1 aromatic carbocycles. The first kappa shape index (κ1) is 16.1. The molecular weight excluding hydrogens is 266 g/mol. The fourth-order valence-electron chi connectivity index (χ4n) is 2.60. The van der Waals surface area contributed by atoms with Gasteiger partial charge >= 0.3 is 0 Å². The maximum atomic E-state index is 5.86. The molecule has 21 heavy (non-hydrogen) atoms. The Morgan fingerprint density at radius 3 is 2.90 bits per heavy atom. The molecule has 118 valence electrons. The first-order valence-electron chi connectivity index (χ1n) is 7.84. The van der Waals surface area contributed by atoms with Crippen LogP contribution in [0.2, 0.25) is 0 Å². The predicted molar refractivity (Wildman–Crippen MR) is 84.2 cm³/mol. The molecule has 0 radical (unpaired) electrons. The summed E-state index contributed by atoms with van der Waals surface area (Å²) in [5, 5.41) is 3.23. The standard InChI is InChI=1S/C17H27NO3/c1-13(18-2)14-8-9-16(17(12-14)19-3)21-11-5-7-15-6-4-10-20-15/h8-9,12-13,15,18H,4-7,10-11H2,1-3H3. The molecule has 0 aliphatic carbocycles. The van der Waals surface area contributed by atoms with Crippen LogP contribution in [0.4, 0.5) is 0 Å². The summed E-state index contributed by atoms with van der Waals surface area (Å²) in [4.78, 5) is 0. The van der Waals surface area contributed by atoms with Crippen LogP contribution in [0.25, 0.3) is 0 Å². The van der Waals surface area contributed by atoms with E-state index >= 15 is 0 Å². The van der Waals surface area contributed by atoms with Crippen LogP contribution in [0.1, 0.15) is 44.2 Å². The van der Waals surface area contributed by atoms with Crippen LogP contribution in [0.15, 0.2) is 18.2 Å². The van der Waals surface area contributed by atoms with Crippen molar-refractivity contribution in [1.29, 1.82) is 0 Å². The number of nitrogens with one attached hydrogen (secondary N) is 1. The zero-order chi connectivity index (χ0) is 15.1. The van der Waals surface area contributed by atoms with E-state index in [4.69, 9.17) is 14.2 Å². The third-order valence-corrected chi connectivity index (χ3v) is 4.07. The molecule has 0 bridgehead atoms. The molecule has 4 nitrogen and oxygen atoms in total. The SMILES string of the molecule is CNC(C)c1ccc(OCCCC2CCCO2)c(OC)c1. The second-order valence-electron chi connectivity index (χ2n) is 5.55. The van der Waals surface area contributed by atoms with Crippen molar-refractivity contribution in [3.63, 3.8) is 0 Å². The van der Waals surface area contributed by atoms with Crippen LogP contribution < -0.4 is 14.8 Å².